The number of hydrogen-bond acceptors (Lipinski definition) is 5. The molecule has 2 aromatic heterocycles. The van der Waals surface area contributed by atoms with Crippen LogP contribution in [0.3, 0.4) is 0 Å². The van der Waals surface area contributed by atoms with E-state index in [0.29, 0.717) is 25.3 Å². The van der Waals surface area contributed by atoms with Gasteiger partial charge in [0.05, 0.1) is 5.92 Å². The van der Waals surface area contributed by atoms with Gasteiger partial charge < -0.3 is 14.8 Å². The number of pyridine rings is 1. The van der Waals surface area contributed by atoms with Gasteiger partial charge in [-0.05, 0) is 43.5 Å². The second-order valence-corrected chi connectivity index (χ2v) is 8.61. The highest BCUT2D eigenvalue weighted by Gasteiger charge is 2.39. The number of nitrogens with zero attached hydrogens (tertiary/aromatic N) is 5. The Bertz CT molecular complexity index is 883. The third-order valence-electron chi connectivity index (χ3n) is 6.49. The summed E-state index contributed by atoms with van der Waals surface area (Å²) in [4.78, 5) is 38.9. The van der Waals surface area contributed by atoms with Crippen LogP contribution in [0.25, 0.3) is 0 Å². The van der Waals surface area contributed by atoms with E-state index < -0.39 is 0 Å². The highest BCUT2D eigenvalue weighted by molar-refractivity contribution is 5.91. The molecule has 8 nitrogen and oxygen atoms in total. The number of hydrogen-bond donors (Lipinski definition) is 1. The lowest BCUT2D eigenvalue weighted by molar-refractivity contribution is -0.129. The first-order valence-corrected chi connectivity index (χ1v) is 11.3. The Morgan fingerprint density at radius 2 is 1.94 bits per heavy atom. The number of rotatable bonds is 3. The Labute approximate surface area is 183 Å². The number of aryl methyl sites for hydroxylation is 1. The summed E-state index contributed by atoms with van der Waals surface area (Å²) in [5.74, 6) is 0.380. The summed E-state index contributed by atoms with van der Waals surface area (Å²) in [6, 6.07) is 4.03. The van der Waals surface area contributed by atoms with Crippen molar-refractivity contribution in [3.63, 3.8) is 0 Å². The van der Waals surface area contributed by atoms with Crippen molar-refractivity contribution in [1.82, 2.24) is 29.7 Å². The van der Waals surface area contributed by atoms with Crippen molar-refractivity contribution in [2.75, 3.05) is 26.2 Å². The molecule has 2 fully saturated rings. The van der Waals surface area contributed by atoms with Gasteiger partial charge in [-0.3, -0.25) is 19.5 Å². The number of imidazole rings is 1. The molecular weight excluding hydrogens is 392 g/mol. The van der Waals surface area contributed by atoms with E-state index in [0.717, 1.165) is 45.3 Å². The van der Waals surface area contributed by atoms with Gasteiger partial charge in [-0.2, -0.15) is 0 Å². The molecule has 31 heavy (non-hydrogen) atoms. The van der Waals surface area contributed by atoms with Gasteiger partial charge in [0.1, 0.15) is 0 Å². The zero-order valence-electron chi connectivity index (χ0n) is 18.2. The quantitative estimate of drug-likeness (QED) is 0.813. The van der Waals surface area contributed by atoms with Gasteiger partial charge in [-0.1, -0.05) is 12.8 Å². The van der Waals surface area contributed by atoms with Crippen LogP contribution in [0.4, 0.5) is 0 Å². The van der Waals surface area contributed by atoms with Crippen LogP contribution in [-0.4, -0.2) is 68.4 Å². The largest absolute Gasteiger partial charge is 0.356 e. The number of likely N-dealkylation sites (tertiary alicyclic amines) is 1. The Morgan fingerprint density at radius 1 is 1.13 bits per heavy atom. The maximum Gasteiger partial charge on any atom is 0.289 e. The van der Waals surface area contributed by atoms with Crippen LogP contribution < -0.4 is 5.32 Å². The van der Waals surface area contributed by atoms with E-state index in [1.807, 2.05) is 36.5 Å². The van der Waals surface area contributed by atoms with Crippen molar-refractivity contribution in [3.05, 3.63) is 48.3 Å². The maximum atomic E-state index is 13.1. The zero-order valence-corrected chi connectivity index (χ0v) is 18.2. The standard InChI is InChI=1S/C23H32N6O2/c1-27-15-12-25-21(27)23(31)29-14-8-19-20(17-29)28(16-18-6-10-24-11-7-18)13-5-3-2-4-9-26-22(19)30/h6-7,10-12,15,19-20H,2-5,8-9,13-14,16-17H2,1H3,(H,26,30). The van der Waals surface area contributed by atoms with Gasteiger partial charge in [-0.25, -0.2) is 4.98 Å². The first kappa shape index (κ1) is 21.5. The summed E-state index contributed by atoms with van der Waals surface area (Å²) < 4.78 is 1.76. The van der Waals surface area contributed by atoms with Gasteiger partial charge in [0, 0.05) is 64.1 Å². The van der Waals surface area contributed by atoms with Gasteiger partial charge >= 0.3 is 0 Å². The van der Waals surface area contributed by atoms with Crippen molar-refractivity contribution in [1.29, 1.82) is 0 Å². The Balaban J connectivity index is 1.59. The fraction of sp³-hybridized carbons (Fsp3) is 0.565. The van der Waals surface area contributed by atoms with E-state index in [4.69, 9.17) is 0 Å². The first-order valence-electron chi connectivity index (χ1n) is 11.3. The molecule has 2 aromatic rings. The second-order valence-electron chi connectivity index (χ2n) is 8.61. The number of fused-ring (bicyclic) bond motifs is 1. The smallest absolute Gasteiger partial charge is 0.289 e. The van der Waals surface area contributed by atoms with Crippen LogP contribution in [0, 0.1) is 5.92 Å². The van der Waals surface area contributed by atoms with Crippen LogP contribution in [-0.2, 0) is 18.4 Å². The van der Waals surface area contributed by atoms with Crippen LogP contribution in [0.15, 0.2) is 36.9 Å². The fourth-order valence-corrected chi connectivity index (χ4v) is 4.73. The number of carbonyl (C=O) groups is 2. The summed E-state index contributed by atoms with van der Waals surface area (Å²) in [7, 11) is 1.84. The molecule has 2 unspecified atom stereocenters. The van der Waals surface area contributed by atoms with Crippen LogP contribution in [0.5, 0.6) is 0 Å². The number of aromatic nitrogens is 3. The van der Waals surface area contributed by atoms with Crippen molar-refractivity contribution in [3.8, 4) is 0 Å². The van der Waals surface area contributed by atoms with E-state index in [1.54, 1.807) is 17.0 Å². The Hall–Kier alpha value is -2.74. The van der Waals surface area contributed by atoms with E-state index in [1.165, 1.54) is 5.56 Å². The Kier molecular flexibility index (Phi) is 6.96. The Morgan fingerprint density at radius 3 is 2.71 bits per heavy atom. The molecule has 0 spiro atoms. The molecule has 0 bridgehead atoms. The molecule has 2 amide bonds. The molecule has 166 valence electrons. The first-order chi connectivity index (χ1) is 15.1. The normalized spacial score (nSPS) is 23.5. The SMILES string of the molecule is Cn1ccnc1C(=O)N1CCC2C(=O)NCCCCCCN(Cc3ccncc3)C2C1. The minimum absolute atomic E-state index is 0.0239. The van der Waals surface area contributed by atoms with E-state index in [2.05, 4.69) is 20.2 Å². The summed E-state index contributed by atoms with van der Waals surface area (Å²) in [5.41, 5.74) is 1.18. The summed E-state index contributed by atoms with van der Waals surface area (Å²) in [5, 5.41) is 3.15. The summed E-state index contributed by atoms with van der Waals surface area (Å²) in [6.07, 6.45) is 12.1. The van der Waals surface area contributed by atoms with Crippen molar-refractivity contribution in [2.45, 2.75) is 44.7 Å². The number of amides is 2. The zero-order chi connectivity index (χ0) is 21.6. The van der Waals surface area contributed by atoms with Crippen LogP contribution >= 0.6 is 0 Å². The molecule has 2 aliphatic rings. The lowest BCUT2D eigenvalue weighted by Crippen LogP contribution is -2.57. The molecule has 0 saturated carbocycles. The van der Waals surface area contributed by atoms with Gasteiger partial charge in [0.25, 0.3) is 5.91 Å². The van der Waals surface area contributed by atoms with Crippen molar-refractivity contribution < 1.29 is 9.59 Å². The molecule has 8 heteroatoms. The summed E-state index contributed by atoms with van der Waals surface area (Å²) >= 11 is 0. The van der Waals surface area contributed by atoms with E-state index >= 15 is 0 Å². The minimum Gasteiger partial charge on any atom is -0.356 e. The monoisotopic (exact) mass is 424 g/mol. The van der Waals surface area contributed by atoms with Gasteiger partial charge in [-0.15, -0.1) is 0 Å². The highest BCUT2D eigenvalue weighted by atomic mass is 16.2. The van der Waals surface area contributed by atoms with Crippen molar-refractivity contribution >= 4 is 11.8 Å². The molecule has 4 rings (SSSR count). The van der Waals surface area contributed by atoms with Gasteiger partial charge in [0.2, 0.25) is 5.91 Å². The van der Waals surface area contributed by atoms with Gasteiger partial charge in [0.15, 0.2) is 5.82 Å². The molecule has 0 aromatic carbocycles. The van der Waals surface area contributed by atoms with Crippen LogP contribution in [0.1, 0.15) is 48.3 Å². The average Bonchev–Trinajstić information content (AvgIpc) is 3.21. The minimum atomic E-state index is -0.120. The van der Waals surface area contributed by atoms with Crippen LogP contribution in [0.2, 0.25) is 0 Å². The summed E-state index contributed by atoms with van der Waals surface area (Å²) in [6.45, 7) is 3.52. The second kappa shape index (κ2) is 10.0. The molecule has 0 radical (unpaired) electrons. The number of piperidine rings is 1. The third-order valence-corrected chi connectivity index (χ3v) is 6.49. The third kappa shape index (κ3) is 5.12. The predicted molar refractivity (Wildman–Crippen MR) is 117 cm³/mol. The lowest BCUT2D eigenvalue weighted by atomic mass is 9.88. The van der Waals surface area contributed by atoms with E-state index in [-0.39, 0.29) is 23.8 Å². The molecule has 4 heterocycles. The molecular formula is C23H32N6O2. The fourth-order valence-electron chi connectivity index (χ4n) is 4.73. The molecule has 0 aliphatic carbocycles. The molecule has 2 atom stereocenters. The predicted octanol–water partition coefficient (Wildman–Crippen LogP) is 1.84. The topological polar surface area (TPSA) is 83.4 Å². The highest BCUT2D eigenvalue weighted by Crippen LogP contribution is 2.26. The molecule has 1 N–H and O–H groups in total. The van der Waals surface area contributed by atoms with Crippen molar-refractivity contribution in [2.24, 2.45) is 13.0 Å². The van der Waals surface area contributed by atoms with E-state index in [9.17, 15) is 9.59 Å². The average molecular weight is 425 g/mol. The number of nitrogens with one attached hydrogen (secondary N) is 1. The molecule has 2 saturated heterocycles. The number of carbonyl (C=O) groups excluding carboxylic acids is 2. The maximum absolute atomic E-state index is 13.1. The molecule has 2 aliphatic heterocycles. The lowest BCUT2D eigenvalue weighted by Gasteiger charge is -2.43.